The lowest BCUT2D eigenvalue weighted by Crippen LogP contribution is -2.02. The topological polar surface area (TPSA) is 22.1 Å². The lowest BCUT2D eigenvalue weighted by Gasteiger charge is -2.05. The van der Waals surface area contributed by atoms with E-state index in [0.29, 0.717) is 6.61 Å². The molecule has 0 aliphatic rings. The summed E-state index contributed by atoms with van der Waals surface area (Å²) in [5.41, 5.74) is 1.06. The molecule has 1 aromatic carbocycles. The van der Waals surface area contributed by atoms with E-state index in [-0.39, 0.29) is 0 Å². The second kappa shape index (κ2) is 5.66. The third-order valence-corrected chi connectivity index (χ3v) is 2.70. The zero-order valence-electron chi connectivity index (χ0n) is 8.77. The predicted octanol–water partition coefficient (Wildman–Crippen LogP) is 3.47. The maximum Gasteiger partial charge on any atom is 0.119 e. The lowest BCUT2D eigenvalue weighted by molar-refractivity contribution is 0.320. The number of nitrogens with zero attached hydrogens (tertiary/aromatic N) is 1. The number of hydrogen-bond donors (Lipinski definition) is 0. The number of pyridine rings is 1. The van der Waals surface area contributed by atoms with Gasteiger partial charge in [-0.1, -0.05) is 22.0 Å². The largest absolute Gasteiger partial charge is 0.493 e. The van der Waals surface area contributed by atoms with Crippen molar-refractivity contribution >= 4 is 15.9 Å². The summed E-state index contributed by atoms with van der Waals surface area (Å²) in [6.07, 6.45) is 2.63. The molecular weight excluding hydrogens is 266 g/mol. The summed E-state index contributed by atoms with van der Waals surface area (Å²) in [5.74, 6) is 0.888. The van der Waals surface area contributed by atoms with Crippen LogP contribution in [0.2, 0.25) is 0 Å². The molecule has 0 fully saturated rings. The van der Waals surface area contributed by atoms with Crippen molar-refractivity contribution in [1.29, 1.82) is 0 Å². The van der Waals surface area contributed by atoms with E-state index in [2.05, 4.69) is 20.9 Å². The second-order valence-electron chi connectivity index (χ2n) is 3.37. The second-order valence-corrected chi connectivity index (χ2v) is 4.29. The van der Waals surface area contributed by atoms with Crippen LogP contribution in [0.25, 0.3) is 0 Å². The van der Waals surface area contributed by atoms with E-state index in [0.717, 1.165) is 22.3 Å². The smallest absolute Gasteiger partial charge is 0.119 e. The molecule has 0 aliphatic heterocycles. The van der Waals surface area contributed by atoms with Crippen LogP contribution in [-0.4, -0.2) is 11.6 Å². The number of benzene rings is 1. The summed E-state index contributed by atoms with van der Waals surface area (Å²) in [6, 6.07) is 13.7. The van der Waals surface area contributed by atoms with Gasteiger partial charge in [0.05, 0.1) is 6.61 Å². The molecule has 0 amide bonds. The third-order valence-electron chi connectivity index (χ3n) is 2.17. The van der Waals surface area contributed by atoms with E-state index in [9.17, 15) is 0 Å². The zero-order chi connectivity index (χ0) is 11.2. The Morgan fingerprint density at radius 3 is 2.56 bits per heavy atom. The van der Waals surface area contributed by atoms with Gasteiger partial charge in [-0.3, -0.25) is 4.98 Å². The number of aromatic nitrogens is 1. The van der Waals surface area contributed by atoms with Gasteiger partial charge in [-0.2, -0.15) is 0 Å². The first kappa shape index (κ1) is 11.1. The van der Waals surface area contributed by atoms with Crippen LogP contribution in [0, 0.1) is 0 Å². The Morgan fingerprint density at radius 1 is 1.06 bits per heavy atom. The zero-order valence-corrected chi connectivity index (χ0v) is 10.4. The first-order chi connectivity index (χ1) is 7.84. The van der Waals surface area contributed by atoms with Gasteiger partial charge in [0.2, 0.25) is 0 Å². The summed E-state index contributed by atoms with van der Waals surface area (Å²) in [5, 5.41) is 0. The fourth-order valence-corrected chi connectivity index (χ4v) is 1.61. The first-order valence-electron chi connectivity index (χ1n) is 5.13. The Morgan fingerprint density at radius 2 is 1.88 bits per heavy atom. The molecule has 0 N–H and O–H groups in total. The molecule has 0 unspecified atom stereocenters. The predicted molar refractivity (Wildman–Crippen MR) is 67.6 cm³/mol. The van der Waals surface area contributed by atoms with Crippen LogP contribution in [0.4, 0.5) is 0 Å². The molecule has 1 aromatic heterocycles. The number of hydrogen-bond acceptors (Lipinski definition) is 2. The van der Waals surface area contributed by atoms with Crippen LogP contribution in [0.15, 0.2) is 53.1 Å². The van der Waals surface area contributed by atoms with Crippen molar-refractivity contribution in [3.05, 3.63) is 58.8 Å². The summed E-state index contributed by atoms with van der Waals surface area (Å²) >= 11 is 3.38. The van der Waals surface area contributed by atoms with Gasteiger partial charge in [0.1, 0.15) is 5.75 Å². The van der Waals surface area contributed by atoms with Crippen molar-refractivity contribution in [2.75, 3.05) is 6.61 Å². The van der Waals surface area contributed by atoms with Gasteiger partial charge in [-0.15, -0.1) is 0 Å². The molecule has 0 aliphatic carbocycles. The molecule has 0 atom stereocenters. The molecule has 0 radical (unpaired) electrons. The van der Waals surface area contributed by atoms with E-state index in [1.54, 1.807) is 6.20 Å². The third kappa shape index (κ3) is 3.35. The minimum absolute atomic E-state index is 0.651. The van der Waals surface area contributed by atoms with E-state index < -0.39 is 0 Å². The quantitative estimate of drug-likeness (QED) is 0.854. The molecule has 2 nitrogen and oxygen atoms in total. The molecule has 0 saturated heterocycles. The van der Waals surface area contributed by atoms with E-state index >= 15 is 0 Å². The summed E-state index contributed by atoms with van der Waals surface area (Å²) in [4.78, 5) is 4.24. The van der Waals surface area contributed by atoms with Crippen molar-refractivity contribution in [1.82, 2.24) is 4.98 Å². The maximum absolute atomic E-state index is 5.60. The number of ether oxygens (including phenoxy) is 1. The maximum atomic E-state index is 5.60. The Hall–Kier alpha value is -1.35. The minimum atomic E-state index is 0.651. The van der Waals surface area contributed by atoms with Crippen molar-refractivity contribution < 1.29 is 4.74 Å². The van der Waals surface area contributed by atoms with Crippen molar-refractivity contribution in [2.45, 2.75) is 6.42 Å². The minimum Gasteiger partial charge on any atom is -0.493 e. The van der Waals surface area contributed by atoms with Crippen molar-refractivity contribution in [3.8, 4) is 5.75 Å². The molecule has 1 heterocycles. The van der Waals surface area contributed by atoms with E-state index in [4.69, 9.17) is 4.74 Å². The average Bonchev–Trinajstić information content (AvgIpc) is 2.33. The van der Waals surface area contributed by atoms with Crippen LogP contribution in [-0.2, 0) is 6.42 Å². The first-order valence-corrected chi connectivity index (χ1v) is 5.92. The Bertz CT molecular complexity index is 427. The monoisotopic (exact) mass is 277 g/mol. The Labute approximate surface area is 103 Å². The van der Waals surface area contributed by atoms with Gasteiger partial charge >= 0.3 is 0 Å². The standard InChI is InChI=1S/C13H12BrNO/c14-11-4-6-13(7-5-11)16-10-8-12-3-1-2-9-15-12/h1-7,9H,8,10H2. The molecule has 0 bridgehead atoms. The van der Waals surface area contributed by atoms with Gasteiger partial charge in [-0.05, 0) is 36.4 Å². The van der Waals surface area contributed by atoms with Crippen LogP contribution < -0.4 is 4.74 Å². The van der Waals surface area contributed by atoms with Gasteiger partial charge in [0.15, 0.2) is 0 Å². The highest BCUT2D eigenvalue weighted by Crippen LogP contribution is 2.16. The molecule has 0 saturated carbocycles. The van der Waals surface area contributed by atoms with Crippen LogP contribution in [0.5, 0.6) is 5.75 Å². The SMILES string of the molecule is Brc1ccc(OCCc2ccccn2)cc1. The molecule has 3 heteroatoms. The molecular formula is C13H12BrNO. The summed E-state index contributed by atoms with van der Waals surface area (Å²) in [6.45, 7) is 0.651. The number of halogens is 1. The fraction of sp³-hybridized carbons (Fsp3) is 0.154. The van der Waals surface area contributed by atoms with Crippen LogP contribution >= 0.6 is 15.9 Å². The van der Waals surface area contributed by atoms with Gasteiger partial charge in [0, 0.05) is 22.8 Å². The molecule has 2 rings (SSSR count). The lowest BCUT2D eigenvalue weighted by atomic mass is 10.3. The molecule has 82 valence electrons. The average molecular weight is 278 g/mol. The molecule has 2 aromatic rings. The highest BCUT2D eigenvalue weighted by Gasteiger charge is 1.95. The van der Waals surface area contributed by atoms with Crippen molar-refractivity contribution in [2.24, 2.45) is 0 Å². The highest BCUT2D eigenvalue weighted by atomic mass is 79.9. The molecule has 16 heavy (non-hydrogen) atoms. The van der Waals surface area contributed by atoms with Crippen molar-refractivity contribution in [3.63, 3.8) is 0 Å². The Balaban J connectivity index is 1.82. The summed E-state index contributed by atoms with van der Waals surface area (Å²) in [7, 11) is 0. The van der Waals surface area contributed by atoms with Crippen LogP contribution in [0.1, 0.15) is 5.69 Å². The highest BCUT2D eigenvalue weighted by molar-refractivity contribution is 9.10. The van der Waals surface area contributed by atoms with Crippen LogP contribution in [0.3, 0.4) is 0 Å². The number of rotatable bonds is 4. The van der Waals surface area contributed by atoms with Gasteiger partial charge in [-0.25, -0.2) is 0 Å². The summed E-state index contributed by atoms with van der Waals surface area (Å²) < 4.78 is 6.66. The fourth-order valence-electron chi connectivity index (χ4n) is 1.35. The van der Waals surface area contributed by atoms with Gasteiger partial charge in [0.25, 0.3) is 0 Å². The van der Waals surface area contributed by atoms with Gasteiger partial charge < -0.3 is 4.74 Å². The van der Waals surface area contributed by atoms with E-state index in [1.165, 1.54) is 0 Å². The molecule has 0 spiro atoms. The normalized spacial score (nSPS) is 10.1. The Kier molecular flexibility index (Phi) is 3.94. The van der Waals surface area contributed by atoms with E-state index in [1.807, 2.05) is 42.5 Å².